The first kappa shape index (κ1) is 30.5. The van der Waals surface area contributed by atoms with Crippen LogP contribution in [0.5, 0.6) is 11.5 Å². The van der Waals surface area contributed by atoms with Gasteiger partial charge in [-0.25, -0.2) is 9.97 Å². The van der Waals surface area contributed by atoms with E-state index >= 15 is 0 Å². The molecule has 11 rings (SSSR count). The fraction of sp³-hybridized carbons (Fsp3) is 0.0196. The predicted molar refractivity (Wildman–Crippen MR) is 219 cm³/mol. The summed E-state index contributed by atoms with van der Waals surface area (Å²) in [5.74, 6) is 2.43. The third-order valence-electron chi connectivity index (χ3n) is 11.2. The summed E-state index contributed by atoms with van der Waals surface area (Å²) >= 11 is 0. The van der Waals surface area contributed by atoms with E-state index in [1.807, 2.05) is 6.07 Å². The average molecular weight is 689 g/mol. The van der Waals surface area contributed by atoms with Crippen LogP contribution in [-0.4, -0.2) is 9.97 Å². The summed E-state index contributed by atoms with van der Waals surface area (Å²) in [6.45, 7) is 0. The average Bonchev–Trinajstić information content (AvgIpc) is 3.54. The lowest BCUT2D eigenvalue weighted by molar-refractivity contribution is 0.436. The summed E-state index contributed by atoms with van der Waals surface area (Å²) in [6.07, 6.45) is 0. The highest BCUT2D eigenvalue weighted by Gasteiger charge is 2.51. The van der Waals surface area contributed by atoms with Crippen molar-refractivity contribution in [1.82, 2.24) is 9.97 Å². The molecular formula is C51H32N2O. The van der Waals surface area contributed by atoms with Crippen LogP contribution in [0, 0.1) is 0 Å². The Morgan fingerprint density at radius 1 is 0.333 bits per heavy atom. The van der Waals surface area contributed by atoms with Crippen LogP contribution in [0.3, 0.4) is 0 Å². The van der Waals surface area contributed by atoms with E-state index in [2.05, 4.69) is 188 Å². The van der Waals surface area contributed by atoms with Crippen LogP contribution in [0.2, 0.25) is 0 Å². The summed E-state index contributed by atoms with van der Waals surface area (Å²) in [7, 11) is 0. The van der Waals surface area contributed by atoms with Crippen LogP contribution in [-0.2, 0) is 5.41 Å². The van der Waals surface area contributed by atoms with Gasteiger partial charge >= 0.3 is 0 Å². The summed E-state index contributed by atoms with van der Waals surface area (Å²) < 4.78 is 6.74. The normalized spacial score (nSPS) is 13.1. The molecule has 9 aromatic rings. The minimum absolute atomic E-state index is 0.546. The van der Waals surface area contributed by atoms with Crippen LogP contribution < -0.4 is 4.74 Å². The Bertz CT molecular complexity index is 2880. The second kappa shape index (κ2) is 12.0. The number of nitrogens with zero attached hydrogens (tertiary/aromatic N) is 2. The van der Waals surface area contributed by atoms with E-state index in [0.29, 0.717) is 5.82 Å². The summed E-state index contributed by atoms with van der Waals surface area (Å²) in [6, 6.07) is 68.9. The zero-order valence-electron chi connectivity index (χ0n) is 29.3. The van der Waals surface area contributed by atoms with Crippen molar-refractivity contribution < 1.29 is 4.74 Å². The number of para-hydroxylation sites is 1. The van der Waals surface area contributed by atoms with Crippen molar-refractivity contribution in [3.8, 4) is 67.7 Å². The van der Waals surface area contributed by atoms with E-state index in [1.165, 1.54) is 33.0 Å². The molecule has 1 aromatic heterocycles. The Labute approximate surface area is 313 Å². The van der Waals surface area contributed by atoms with Crippen molar-refractivity contribution in [1.29, 1.82) is 0 Å². The molecule has 0 saturated heterocycles. The van der Waals surface area contributed by atoms with Crippen molar-refractivity contribution >= 4 is 10.8 Å². The van der Waals surface area contributed by atoms with Crippen LogP contribution in [0.15, 0.2) is 194 Å². The molecule has 0 saturated carbocycles. The smallest absolute Gasteiger partial charge is 0.161 e. The summed E-state index contributed by atoms with van der Waals surface area (Å²) in [4.78, 5) is 10.6. The van der Waals surface area contributed by atoms with Crippen LogP contribution in [0.25, 0.3) is 66.9 Å². The van der Waals surface area contributed by atoms with Gasteiger partial charge in [0.15, 0.2) is 5.82 Å². The highest BCUT2D eigenvalue weighted by atomic mass is 16.5. The molecule has 0 atom stereocenters. The maximum atomic E-state index is 6.74. The van der Waals surface area contributed by atoms with E-state index in [9.17, 15) is 0 Å². The maximum absolute atomic E-state index is 6.74. The van der Waals surface area contributed by atoms with Gasteiger partial charge in [0.2, 0.25) is 0 Å². The van der Waals surface area contributed by atoms with Crippen molar-refractivity contribution in [3.63, 3.8) is 0 Å². The predicted octanol–water partition coefficient (Wildman–Crippen LogP) is 12.8. The van der Waals surface area contributed by atoms with E-state index in [1.54, 1.807) is 0 Å². The second-order valence-electron chi connectivity index (χ2n) is 14.1. The lowest BCUT2D eigenvalue weighted by Crippen LogP contribution is -2.32. The molecule has 0 radical (unpaired) electrons. The molecule has 1 aliphatic carbocycles. The van der Waals surface area contributed by atoms with Gasteiger partial charge in [0.25, 0.3) is 0 Å². The fourth-order valence-corrected chi connectivity index (χ4v) is 8.77. The van der Waals surface area contributed by atoms with Crippen LogP contribution in [0.4, 0.5) is 0 Å². The van der Waals surface area contributed by atoms with E-state index in [4.69, 9.17) is 14.7 Å². The van der Waals surface area contributed by atoms with Gasteiger partial charge in [-0.2, -0.15) is 0 Å². The molecule has 3 nitrogen and oxygen atoms in total. The minimum Gasteiger partial charge on any atom is -0.457 e. The van der Waals surface area contributed by atoms with E-state index in [-0.39, 0.29) is 0 Å². The Hall–Kier alpha value is -7.10. The molecule has 2 heterocycles. The number of aromatic nitrogens is 2. The second-order valence-corrected chi connectivity index (χ2v) is 14.1. The molecule has 2 aliphatic rings. The molecule has 0 bridgehead atoms. The number of fused-ring (bicyclic) bond motifs is 10. The Balaban J connectivity index is 1.13. The molecular weight excluding hydrogens is 657 g/mol. The van der Waals surface area contributed by atoms with Gasteiger partial charge in [-0.05, 0) is 74.5 Å². The van der Waals surface area contributed by atoms with Crippen molar-refractivity contribution in [3.05, 3.63) is 216 Å². The molecule has 1 aliphatic heterocycles. The first-order chi connectivity index (χ1) is 26.8. The molecule has 0 unspecified atom stereocenters. The van der Waals surface area contributed by atoms with Crippen LogP contribution in [0.1, 0.15) is 22.3 Å². The third kappa shape index (κ3) is 4.55. The minimum atomic E-state index is -0.546. The van der Waals surface area contributed by atoms with Crippen molar-refractivity contribution in [2.75, 3.05) is 0 Å². The van der Waals surface area contributed by atoms with Gasteiger partial charge in [-0.3, -0.25) is 0 Å². The molecule has 54 heavy (non-hydrogen) atoms. The summed E-state index contributed by atoms with van der Waals surface area (Å²) in [5.41, 5.74) is 13.8. The zero-order chi connectivity index (χ0) is 35.6. The van der Waals surface area contributed by atoms with Gasteiger partial charge in [0, 0.05) is 27.8 Å². The monoisotopic (exact) mass is 688 g/mol. The van der Waals surface area contributed by atoms with Gasteiger partial charge in [-0.1, -0.05) is 164 Å². The molecule has 252 valence electrons. The molecule has 3 heteroatoms. The van der Waals surface area contributed by atoms with Gasteiger partial charge < -0.3 is 4.74 Å². The van der Waals surface area contributed by atoms with Crippen molar-refractivity contribution in [2.45, 2.75) is 5.41 Å². The number of ether oxygens (including phenoxy) is 1. The van der Waals surface area contributed by atoms with Crippen molar-refractivity contribution in [2.24, 2.45) is 0 Å². The topological polar surface area (TPSA) is 35.0 Å². The highest BCUT2D eigenvalue weighted by molar-refractivity contribution is 5.91. The largest absolute Gasteiger partial charge is 0.457 e. The Kier molecular flexibility index (Phi) is 6.77. The van der Waals surface area contributed by atoms with Gasteiger partial charge in [-0.15, -0.1) is 0 Å². The number of hydrogen-bond donors (Lipinski definition) is 0. The fourth-order valence-electron chi connectivity index (χ4n) is 8.77. The standard InChI is InChI=1S/C51H32N2O/c1-2-15-34(16-3-1)46-32-47(37-27-26-33-14-4-5-17-35(33)30-37)53-50(52-46)41-21-7-6-18-38(41)36-28-29-49-45(31-36)51(44-24-12-13-25-48(44)54-49)42-22-10-8-19-39(42)40-20-9-11-23-43(40)51/h1-32H. The quantitative estimate of drug-likeness (QED) is 0.185. The van der Waals surface area contributed by atoms with Gasteiger partial charge in [0.05, 0.1) is 16.8 Å². The SMILES string of the molecule is c1ccc(-c2cc(-c3ccc4ccccc4c3)nc(-c3ccccc3-c3ccc4c(c3)C3(c5ccccc5O4)c4ccccc4-c4ccccc43)n2)cc1. The molecule has 1 spiro atoms. The molecule has 0 fully saturated rings. The first-order valence-electron chi connectivity index (χ1n) is 18.4. The first-order valence-corrected chi connectivity index (χ1v) is 18.4. The van der Waals surface area contributed by atoms with E-state index in [0.717, 1.165) is 61.8 Å². The van der Waals surface area contributed by atoms with Gasteiger partial charge in [0.1, 0.15) is 11.5 Å². The highest BCUT2D eigenvalue weighted by Crippen LogP contribution is 2.62. The lowest BCUT2D eigenvalue weighted by Gasteiger charge is -2.39. The third-order valence-corrected chi connectivity index (χ3v) is 11.2. The molecule has 0 amide bonds. The van der Waals surface area contributed by atoms with E-state index < -0.39 is 5.41 Å². The Morgan fingerprint density at radius 2 is 0.889 bits per heavy atom. The molecule has 0 N–H and O–H groups in total. The summed E-state index contributed by atoms with van der Waals surface area (Å²) in [5, 5.41) is 2.38. The Morgan fingerprint density at radius 3 is 1.65 bits per heavy atom. The number of rotatable bonds is 4. The zero-order valence-corrected chi connectivity index (χ0v) is 29.3. The maximum Gasteiger partial charge on any atom is 0.161 e. The molecule has 8 aromatic carbocycles. The number of benzene rings is 8. The van der Waals surface area contributed by atoms with Crippen LogP contribution >= 0.6 is 0 Å². The number of hydrogen-bond acceptors (Lipinski definition) is 3. The lowest BCUT2D eigenvalue weighted by atomic mass is 9.65.